The number of nitrogens with zero attached hydrogens (tertiary/aromatic N) is 2. The monoisotopic (exact) mass is 221 g/mol. The average Bonchev–Trinajstić information content (AvgIpc) is 2.66. The molecule has 0 amide bonds. The van der Waals surface area contributed by atoms with Crippen molar-refractivity contribution < 1.29 is 8.81 Å². The summed E-state index contributed by atoms with van der Waals surface area (Å²) in [7, 11) is 0. The molecule has 0 saturated heterocycles. The maximum Gasteiger partial charge on any atom is 0.250 e. The van der Waals surface area contributed by atoms with Crippen LogP contribution >= 0.6 is 0 Å². The van der Waals surface area contributed by atoms with Crippen LogP contribution in [0.5, 0.6) is 0 Å². The Morgan fingerprint density at radius 3 is 2.69 bits per heavy atom. The molecular formula is C11H12FN3O. The summed E-state index contributed by atoms with van der Waals surface area (Å²) < 4.78 is 18.9. The Morgan fingerprint density at radius 1 is 1.38 bits per heavy atom. The van der Waals surface area contributed by atoms with Gasteiger partial charge < -0.3 is 10.2 Å². The fourth-order valence-corrected chi connectivity index (χ4v) is 1.32. The molecule has 0 radical (unpaired) electrons. The van der Waals surface area contributed by atoms with Crippen molar-refractivity contribution in [2.75, 3.05) is 0 Å². The van der Waals surface area contributed by atoms with Crippen LogP contribution in [0.1, 0.15) is 24.4 Å². The molecule has 1 atom stereocenters. The third-order valence-corrected chi connectivity index (χ3v) is 2.19. The smallest absolute Gasteiger partial charge is 0.250 e. The van der Waals surface area contributed by atoms with Gasteiger partial charge in [0.25, 0.3) is 5.89 Å². The van der Waals surface area contributed by atoms with Gasteiger partial charge >= 0.3 is 0 Å². The summed E-state index contributed by atoms with van der Waals surface area (Å²) in [6.45, 7) is 3.54. The van der Waals surface area contributed by atoms with Gasteiger partial charge in [0, 0.05) is 0 Å². The topological polar surface area (TPSA) is 64.9 Å². The number of halogens is 1. The molecule has 1 unspecified atom stereocenters. The largest absolute Gasteiger partial charge is 0.419 e. The van der Waals surface area contributed by atoms with Crippen LogP contribution in [0.15, 0.2) is 22.6 Å². The quantitative estimate of drug-likeness (QED) is 0.844. The summed E-state index contributed by atoms with van der Waals surface area (Å²) in [6.07, 6.45) is 0. The number of aryl methyl sites for hydroxylation is 1. The number of benzene rings is 1. The molecular weight excluding hydrogens is 209 g/mol. The Balaban J connectivity index is 2.42. The van der Waals surface area contributed by atoms with Gasteiger partial charge in [0.05, 0.1) is 11.6 Å². The maximum atomic E-state index is 13.6. The molecule has 4 nitrogen and oxygen atoms in total. The van der Waals surface area contributed by atoms with Gasteiger partial charge in [0.2, 0.25) is 5.89 Å². The molecule has 5 heteroatoms. The van der Waals surface area contributed by atoms with E-state index in [1.807, 2.05) is 6.92 Å². The molecule has 0 aliphatic heterocycles. The van der Waals surface area contributed by atoms with Crippen LogP contribution in [0.2, 0.25) is 0 Å². The van der Waals surface area contributed by atoms with E-state index in [4.69, 9.17) is 10.2 Å². The van der Waals surface area contributed by atoms with E-state index in [1.54, 1.807) is 19.1 Å². The first-order chi connectivity index (χ1) is 7.58. The molecule has 0 spiro atoms. The van der Waals surface area contributed by atoms with Crippen LogP contribution in [0.4, 0.5) is 4.39 Å². The summed E-state index contributed by atoms with van der Waals surface area (Å²) in [4.78, 5) is 0. The molecule has 2 N–H and O–H groups in total. The highest BCUT2D eigenvalue weighted by Gasteiger charge is 2.14. The van der Waals surface area contributed by atoms with Gasteiger partial charge in [-0.1, -0.05) is 6.07 Å². The Labute approximate surface area is 92.3 Å². The number of nitrogens with two attached hydrogens (primary N) is 1. The van der Waals surface area contributed by atoms with Crippen LogP contribution in [0, 0.1) is 12.7 Å². The van der Waals surface area contributed by atoms with Gasteiger partial charge in [-0.25, -0.2) is 4.39 Å². The average molecular weight is 221 g/mol. The number of hydrogen-bond acceptors (Lipinski definition) is 4. The third-order valence-electron chi connectivity index (χ3n) is 2.19. The zero-order valence-electron chi connectivity index (χ0n) is 9.07. The molecule has 1 heterocycles. The summed E-state index contributed by atoms with van der Waals surface area (Å²) in [5.41, 5.74) is 6.71. The molecule has 0 saturated carbocycles. The Bertz CT molecular complexity index is 508. The minimum absolute atomic E-state index is 0.157. The second-order valence-corrected chi connectivity index (χ2v) is 3.72. The number of hydrogen-bond donors (Lipinski definition) is 1. The molecule has 0 fully saturated rings. The molecule has 84 valence electrons. The molecule has 16 heavy (non-hydrogen) atoms. The fraction of sp³-hybridized carbons (Fsp3) is 0.273. The van der Waals surface area contributed by atoms with E-state index in [2.05, 4.69) is 10.2 Å². The second-order valence-electron chi connectivity index (χ2n) is 3.72. The van der Waals surface area contributed by atoms with Crippen molar-refractivity contribution in [1.29, 1.82) is 0 Å². The van der Waals surface area contributed by atoms with Gasteiger partial charge in [0.1, 0.15) is 5.82 Å². The summed E-state index contributed by atoms with van der Waals surface area (Å²) in [5.74, 6) is 0.0830. The van der Waals surface area contributed by atoms with Crippen LogP contribution in [0.3, 0.4) is 0 Å². The lowest BCUT2D eigenvalue weighted by molar-refractivity contribution is 0.470. The van der Waals surface area contributed by atoms with E-state index in [0.29, 0.717) is 11.5 Å². The highest BCUT2D eigenvalue weighted by atomic mass is 19.1. The van der Waals surface area contributed by atoms with Crippen molar-refractivity contribution in [2.45, 2.75) is 19.9 Å². The van der Waals surface area contributed by atoms with E-state index in [0.717, 1.165) is 5.56 Å². The molecule has 0 bridgehead atoms. The zero-order valence-corrected chi connectivity index (χ0v) is 9.07. The van der Waals surface area contributed by atoms with E-state index in [9.17, 15) is 4.39 Å². The van der Waals surface area contributed by atoms with Crippen LogP contribution in [-0.2, 0) is 0 Å². The minimum atomic E-state index is -0.375. The van der Waals surface area contributed by atoms with E-state index in [1.165, 1.54) is 6.07 Å². The van der Waals surface area contributed by atoms with E-state index < -0.39 is 0 Å². The third kappa shape index (κ3) is 1.94. The van der Waals surface area contributed by atoms with Crippen LogP contribution in [-0.4, -0.2) is 10.2 Å². The fourth-order valence-electron chi connectivity index (χ4n) is 1.32. The van der Waals surface area contributed by atoms with Gasteiger partial charge in [-0.05, 0) is 31.5 Å². The lowest BCUT2D eigenvalue weighted by Gasteiger charge is -1.99. The van der Waals surface area contributed by atoms with Crippen molar-refractivity contribution >= 4 is 0 Å². The van der Waals surface area contributed by atoms with Gasteiger partial charge in [-0.15, -0.1) is 10.2 Å². The van der Waals surface area contributed by atoms with Crippen molar-refractivity contribution in [3.63, 3.8) is 0 Å². The molecule has 2 aromatic rings. The molecule has 1 aromatic heterocycles. The first kappa shape index (κ1) is 10.8. The van der Waals surface area contributed by atoms with Crippen LogP contribution in [0.25, 0.3) is 11.5 Å². The summed E-state index contributed by atoms with van der Waals surface area (Å²) in [5, 5.41) is 7.51. The van der Waals surface area contributed by atoms with Crippen LogP contribution < -0.4 is 5.73 Å². The number of aromatic nitrogens is 2. The number of rotatable bonds is 2. The predicted octanol–water partition coefficient (Wildman–Crippen LogP) is 2.20. The minimum Gasteiger partial charge on any atom is -0.419 e. The first-order valence-corrected chi connectivity index (χ1v) is 4.93. The van der Waals surface area contributed by atoms with E-state index in [-0.39, 0.29) is 17.7 Å². The maximum absolute atomic E-state index is 13.6. The van der Waals surface area contributed by atoms with Crippen molar-refractivity contribution in [1.82, 2.24) is 10.2 Å². The first-order valence-electron chi connectivity index (χ1n) is 4.93. The van der Waals surface area contributed by atoms with E-state index >= 15 is 0 Å². The molecule has 0 aliphatic rings. The van der Waals surface area contributed by atoms with Gasteiger partial charge in [0.15, 0.2) is 0 Å². The summed E-state index contributed by atoms with van der Waals surface area (Å²) in [6, 6.07) is 4.47. The molecule has 2 rings (SSSR count). The highest BCUT2D eigenvalue weighted by Crippen LogP contribution is 2.23. The highest BCUT2D eigenvalue weighted by molar-refractivity contribution is 5.54. The normalized spacial score (nSPS) is 12.8. The SMILES string of the molecule is Cc1ccc(-c2nnc(C(C)N)o2)c(F)c1. The Morgan fingerprint density at radius 2 is 2.12 bits per heavy atom. The van der Waals surface area contributed by atoms with Crippen molar-refractivity contribution in [3.05, 3.63) is 35.5 Å². The lowest BCUT2D eigenvalue weighted by atomic mass is 10.1. The zero-order chi connectivity index (χ0) is 11.7. The predicted molar refractivity (Wildman–Crippen MR) is 57.0 cm³/mol. The molecule has 0 aliphatic carbocycles. The standard InChI is InChI=1S/C11H12FN3O/c1-6-3-4-8(9(12)5-6)11-15-14-10(16-11)7(2)13/h3-5,7H,13H2,1-2H3. The van der Waals surface area contributed by atoms with Gasteiger partial charge in [-0.2, -0.15) is 0 Å². The lowest BCUT2D eigenvalue weighted by Crippen LogP contribution is -2.04. The molecule has 1 aromatic carbocycles. The second kappa shape index (κ2) is 4.02. The van der Waals surface area contributed by atoms with Crippen molar-refractivity contribution in [3.8, 4) is 11.5 Å². The Kier molecular flexibility index (Phi) is 2.70. The van der Waals surface area contributed by atoms with Gasteiger partial charge in [-0.3, -0.25) is 0 Å². The Hall–Kier alpha value is -1.75. The van der Waals surface area contributed by atoms with Crippen molar-refractivity contribution in [2.24, 2.45) is 5.73 Å². The summed E-state index contributed by atoms with van der Waals surface area (Å²) >= 11 is 0.